The molecular formula is C22H26N2O6S. The summed E-state index contributed by atoms with van der Waals surface area (Å²) in [5.74, 6) is -3.28. The summed E-state index contributed by atoms with van der Waals surface area (Å²) in [6.45, 7) is 3.84. The summed E-state index contributed by atoms with van der Waals surface area (Å²) in [5, 5.41) is 16.4. The zero-order valence-electron chi connectivity index (χ0n) is 17.6. The first kappa shape index (κ1) is 24.1. The number of amides is 2. The smallest absolute Gasteiger partial charge is 0.337 e. The number of benzene rings is 1. The summed E-state index contributed by atoms with van der Waals surface area (Å²) in [5.41, 5.74) is 0.806. The molecule has 3 N–H and O–H groups in total. The van der Waals surface area contributed by atoms with Crippen LogP contribution >= 0.6 is 11.3 Å². The Balaban J connectivity index is 2.14. The molecule has 0 unspecified atom stereocenters. The lowest BCUT2D eigenvalue weighted by atomic mass is 9.99. The molecular weight excluding hydrogens is 420 g/mol. The Kier molecular flexibility index (Phi) is 8.75. The maximum Gasteiger partial charge on any atom is 0.337 e. The standard InChI is InChI=1S/C22H26N2O6S/c1-13(2)11-17(21(28)23-15-8-6-14(7-9-15)22(29)30-3)24-20(27)16(12-19(25)26)18-5-4-10-31-18/h4-10,13,16-17H,11-12H2,1-3H3,(H,23,28)(H,24,27)(H,25,26)/t16-,17-/m0/s1. The maximum absolute atomic E-state index is 12.9. The average molecular weight is 447 g/mol. The molecule has 0 saturated heterocycles. The zero-order chi connectivity index (χ0) is 23.0. The number of rotatable bonds is 10. The van der Waals surface area contributed by atoms with Gasteiger partial charge in [-0.25, -0.2) is 4.79 Å². The van der Waals surface area contributed by atoms with Crippen molar-refractivity contribution in [2.24, 2.45) is 5.92 Å². The number of carbonyl (C=O) groups excluding carboxylic acids is 3. The van der Waals surface area contributed by atoms with E-state index in [0.717, 1.165) is 0 Å². The van der Waals surface area contributed by atoms with Crippen molar-refractivity contribution < 1.29 is 29.0 Å². The monoisotopic (exact) mass is 446 g/mol. The van der Waals surface area contributed by atoms with Gasteiger partial charge in [0, 0.05) is 10.6 Å². The van der Waals surface area contributed by atoms with Crippen LogP contribution in [0.3, 0.4) is 0 Å². The molecule has 0 aliphatic heterocycles. The molecule has 166 valence electrons. The zero-order valence-corrected chi connectivity index (χ0v) is 18.4. The van der Waals surface area contributed by atoms with Gasteiger partial charge in [-0.3, -0.25) is 14.4 Å². The number of aliphatic carboxylic acids is 1. The molecule has 0 fully saturated rings. The topological polar surface area (TPSA) is 122 Å². The molecule has 1 heterocycles. The Morgan fingerprint density at radius 3 is 2.26 bits per heavy atom. The van der Waals surface area contributed by atoms with E-state index in [4.69, 9.17) is 0 Å². The summed E-state index contributed by atoms with van der Waals surface area (Å²) in [6, 6.07) is 8.79. The third-order valence-corrected chi connectivity index (χ3v) is 5.48. The minimum Gasteiger partial charge on any atom is -0.481 e. The van der Waals surface area contributed by atoms with Gasteiger partial charge in [-0.15, -0.1) is 11.3 Å². The second-order valence-corrected chi connectivity index (χ2v) is 8.39. The number of thiophene rings is 1. The van der Waals surface area contributed by atoms with E-state index in [1.807, 2.05) is 13.8 Å². The van der Waals surface area contributed by atoms with Gasteiger partial charge in [0.15, 0.2) is 0 Å². The van der Waals surface area contributed by atoms with Crippen molar-refractivity contribution in [3.8, 4) is 0 Å². The van der Waals surface area contributed by atoms with E-state index in [0.29, 0.717) is 22.5 Å². The number of carboxylic acids is 1. The number of esters is 1. The quantitative estimate of drug-likeness (QED) is 0.482. The van der Waals surface area contributed by atoms with Crippen LogP contribution in [-0.4, -0.2) is 42.0 Å². The van der Waals surface area contributed by atoms with E-state index < -0.39 is 35.7 Å². The molecule has 0 bridgehead atoms. The van der Waals surface area contributed by atoms with E-state index in [1.54, 1.807) is 29.6 Å². The van der Waals surface area contributed by atoms with Crippen LogP contribution in [0.25, 0.3) is 0 Å². The molecule has 0 spiro atoms. The molecule has 2 aromatic rings. The van der Waals surface area contributed by atoms with Gasteiger partial charge in [-0.05, 0) is 48.1 Å². The predicted octanol–water partition coefficient (Wildman–Crippen LogP) is 3.26. The van der Waals surface area contributed by atoms with E-state index in [2.05, 4.69) is 15.4 Å². The molecule has 1 aromatic heterocycles. The van der Waals surface area contributed by atoms with Gasteiger partial charge in [-0.2, -0.15) is 0 Å². The second kappa shape index (κ2) is 11.3. The van der Waals surface area contributed by atoms with Crippen LogP contribution in [0.2, 0.25) is 0 Å². The van der Waals surface area contributed by atoms with Gasteiger partial charge >= 0.3 is 11.9 Å². The lowest BCUT2D eigenvalue weighted by Crippen LogP contribution is -2.46. The van der Waals surface area contributed by atoms with Crippen LogP contribution < -0.4 is 10.6 Å². The Bertz CT molecular complexity index is 909. The number of ether oxygens (including phenoxy) is 1. The predicted molar refractivity (Wildman–Crippen MR) is 117 cm³/mol. The molecule has 1 aromatic carbocycles. The molecule has 0 radical (unpaired) electrons. The van der Waals surface area contributed by atoms with Gasteiger partial charge in [0.2, 0.25) is 11.8 Å². The SMILES string of the molecule is COC(=O)c1ccc(NC(=O)[C@H](CC(C)C)NC(=O)[C@@H](CC(=O)O)c2cccs2)cc1. The van der Waals surface area contributed by atoms with E-state index in [-0.39, 0.29) is 12.3 Å². The molecule has 2 rings (SSSR count). The molecule has 0 saturated carbocycles. The highest BCUT2D eigenvalue weighted by Crippen LogP contribution is 2.25. The average Bonchev–Trinajstić information content (AvgIpc) is 3.25. The number of anilines is 1. The number of nitrogens with one attached hydrogen (secondary N) is 2. The minimum atomic E-state index is -1.09. The second-order valence-electron chi connectivity index (χ2n) is 7.41. The van der Waals surface area contributed by atoms with E-state index in [1.165, 1.54) is 30.6 Å². The normalized spacial score (nSPS) is 12.6. The molecule has 2 amide bonds. The lowest BCUT2D eigenvalue weighted by Gasteiger charge is -2.23. The number of carbonyl (C=O) groups is 4. The maximum atomic E-state index is 12.9. The first-order valence-corrected chi connectivity index (χ1v) is 10.6. The lowest BCUT2D eigenvalue weighted by molar-refractivity contribution is -0.139. The molecule has 8 nitrogen and oxygen atoms in total. The van der Waals surface area contributed by atoms with Gasteiger partial charge in [0.1, 0.15) is 6.04 Å². The summed E-state index contributed by atoms with van der Waals surface area (Å²) < 4.78 is 4.65. The Morgan fingerprint density at radius 2 is 1.74 bits per heavy atom. The van der Waals surface area contributed by atoms with Crippen molar-refractivity contribution in [3.63, 3.8) is 0 Å². The van der Waals surface area contributed by atoms with Gasteiger partial charge < -0.3 is 20.5 Å². The Labute approximate surface area is 184 Å². The first-order chi connectivity index (χ1) is 14.7. The Hall–Kier alpha value is -3.20. The van der Waals surface area contributed by atoms with E-state index >= 15 is 0 Å². The highest BCUT2D eigenvalue weighted by molar-refractivity contribution is 7.10. The van der Waals surface area contributed by atoms with E-state index in [9.17, 15) is 24.3 Å². The third-order valence-electron chi connectivity index (χ3n) is 4.50. The molecule has 9 heteroatoms. The number of methoxy groups -OCH3 is 1. The fourth-order valence-corrected chi connectivity index (χ4v) is 3.82. The van der Waals surface area contributed by atoms with Gasteiger partial charge in [0.25, 0.3) is 0 Å². The molecule has 0 aliphatic carbocycles. The summed E-state index contributed by atoms with van der Waals surface area (Å²) in [6.07, 6.45) is 0.0133. The van der Waals surface area contributed by atoms with Crippen LogP contribution in [0, 0.1) is 5.92 Å². The van der Waals surface area contributed by atoms with Crippen LogP contribution in [-0.2, 0) is 19.1 Å². The first-order valence-electron chi connectivity index (χ1n) is 9.76. The molecule has 0 aliphatic rings. The van der Waals surface area contributed by atoms with Crippen molar-refractivity contribution in [3.05, 3.63) is 52.2 Å². The summed E-state index contributed by atoms with van der Waals surface area (Å²) in [4.78, 5) is 49.2. The fraction of sp³-hybridized carbons (Fsp3) is 0.364. The van der Waals surface area contributed by atoms with Crippen molar-refractivity contribution in [2.45, 2.75) is 38.6 Å². The van der Waals surface area contributed by atoms with Crippen LogP contribution in [0.15, 0.2) is 41.8 Å². The minimum absolute atomic E-state index is 0.109. The fourth-order valence-electron chi connectivity index (χ4n) is 3.00. The van der Waals surface area contributed by atoms with Gasteiger partial charge in [-0.1, -0.05) is 19.9 Å². The number of hydrogen-bond donors (Lipinski definition) is 3. The molecule has 31 heavy (non-hydrogen) atoms. The number of hydrogen-bond acceptors (Lipinski definition) is 6. The third kappa shape index (κ3) is 7.21. The van der Waals surface area contributed by atoms with Crippen molar-refractivity contribution in [2.75, 3.05) is 12.4 Å². The van der Waals surface area contributed by atoms with Crippen LogP contribution in [0.4, 0.5) is 5.69 Å². The van der Waals surface area contributed by atoms with Crippen molar-refractivity contribution >= 4 is 40.8 Å². The summed E-state index contributed by atoms with van der Waals surface area (Å²) in [7, 11) is 1.28. The van der Waals surface area contributed by atoms with Crippen LogP contribution in [0.1, 0.15) is 47.8 Å². The highest BCUT2D eigenvalue weighted by Gasteiger charge is 2.29. The Morgan fingerprint density at radius 1 is 1.06 bits per heavy atom. The van der Waals surface area contributed by atoms with Gasteiger partial charge in [0.05, 0.1) is 25.0 Å². The largest absolute Gasteiger partial charge is 0.481 e. The van der Waals surface area contributed by atoms with Crippen molar-refractivity contribution in [1.29, 1.82) is 0 Å². The van der Waals surface area contributed by atoms with Crippen LogP contribution in [0.5, 0.6) is 0 Å². The number of carboxylic acid groups (broad SMARTS) is 1. The summed E-state index contributed by atoms with van der Waals surface area (Å²) >= 11 is 1.30. The molecule has 2 atom stereocenters. The highest BCUT2D eigenvalue weighted by atomic mass is 32.1. The van der Waals surface area contributed by atoms with Crippen molar-refractivity contribution in [1.82, 2.24) is 5.32 Å².